The Hall–Kier alpha value is -2.12. The Kier molecular flexibility index (Phi) is 6.33. The molecule has 1 aliphatic heterocycles. The van der Waals surface area contributed by atoms with E-state index in [1.54, 1.807) is 0 Å². The molecule has 0 bridgehead atoms. The number of aromatic carboxylic acids is 1. The van der Waals surface area contributed by atoms with Gasteiger partial charge in [0.25, 0.3) is 0 Å². The van der Waals surface area contributed by atoms with Crippen molar-refractivity contribution in [2.24, 2.45) is 0 Å². The molecule has 7 heteroatoms. The number of phenols is 1. The van der Waals surface area contributed by atoms with Crippen LogP contribution in [-0.4, -0.2) is 78.4 Å². The number of hydrogen-bond donors (Lipinski definition) is 2. The van der Waals surface area contributed by atoms with Crippen LogP contribution in [0.25, 0.3) is 0 Å². The molecule has 1 aliphatic rings. The molecule has 0 spiro atoms. The number of rotatable bonds is 3. The van der Waals surface area contributed by atoms with Crippen molar-refractivity contribution in [1.82, 2.24) is 4.90 Å². The molecule has 0 atom stereocenters. The fraction of sp³-hybridized carbons (Fsp3) is 0.467. The number of likely N-dealkylation sites (N-methyl/N-ethyl adjacent to an activating group) is 2. The largest absolute Gasteiger partial charge is 0.544 e. The van der Waals surface area contributed by atoms with Gasteiger partial charge in [0, 0.05) is 13.1 Å². The average Bonchev–Trinajstić information content (AvgIpc) is 2.43. The van der Waals surface area contributed by atoms with Gasteiger partial charge in [-0.15, -0.1) is 0 Å². The van der Waals surface area contributed by atoms with Crippen molar-refractivity contribution in [2.75, 3.05) is 46.8 Å². The lowest BCUT2D eigenvalue weighted by atomic mass is 10.2. The van der Waals surface area contributed by atoms with Crippen molar-refractivity contribution in [1.29, 1.82) is 0 Å². The topological polar surface area (TPSA) is 101 Å². The highest BCUT2D eigenvalue weighted by Crippen LogP contribution is 2.09. The second-order valence-electron chi connectivity index (χ2n) is 5.75. The van der Waals surface area contributed by atoms with Gasteiger partial charge in [-0.3, -0.25) is 4.90 Å². The van der Waals surface area contributed by atoms with Crippen LogP contribution in [0.5, 0.6) is 5.75 Å². The van der Waals surface area contributed by atoms with E-state index in [1.165, 1.54) is 24.3 Å². The van der Waals surface area contributed by atoms with Gasteiger partial charge < -0.3 is 24.6 Å². The van der Waals surface area contributed by atoms with Crippen molar-refractivity contribution in [3.63, 3.8) is 0 Å². The SMILES string of the molecule is CN1CC[N+](C)(CC(=O)[O-])CC1.O=C(O)c1ccc(O)cc1. The van der Waals surface area contributed by atoms with E-state index in [0.717, 1.165) is 26.2 Å². The molecule has 0 aliphatic carbocycles. The van der Waals surface area contributed by atoms with Gasteiger partial charge in [0.05, 0.1) is 31.7 Å². The lowest BCUT2D eigenvalue weighted by Crippen LogP contribution is -2.59. The molecule has 1 fully saturated rings. The smallest absolute Gasteiger partial charge is 0.335 e. The highest BCUT2D eigenvalue weighted by molar-refractivity contribution is 5.87. The number of benzene rings is 1. The van der Waals surface area contributed by atoms with E-state index in [1.807, 2.05) is 7.05 Å². The number of phenolic OH excluding ortho intramolecular Hbond substituents is 1. The summed E-state index contributed by atoms with van der Waals surface area (Å²) in [7, 11) is 4.03. The highest BCUT2D eigenvalue weighted by atomic mass is 16.4. The van der Waals surface area contributed by atoms with Gasteiger partial charge in [0.15, 0.2) is 0 Å². The fourth-order valence-electron chi connectivity index (χ4n) is 2.12. The molecule has 0 amide bonds. The van der Waals surface area contributed by atoms with E-state index in [9.17, 15) is 14.7 Å². The van der Waals surface area contributed by atoms with Crippen LogP contribution >= 0.6 is 0 Å². The first-order valence-electron chi connectivity index (χ1n) is 6.96. The number of carbonyl (C=O) groups is 2. The Bertz CT molecular complexity index is 507. The molecular formula is C15H22N2O5. The number of carboxylic acid groups (broad SMARTS) is 2. The monoisotopic (exact) mass is 310 g/mol. The first kappa shape index (κ1) is 17.9. The van der Waals surface area contributed by atoms with Gasteiger partial charge in [0.2, 0.25) is 0 Å². The van der Waals surface area contributed by atoms with E-state index in [-0.39, 0.29) is 17.9 Å². The molecule has 1 saturated heterocycles. The minimum Gasteiger partial charge on any atom is -0.544 e. The lowest BCUT2D eigenvalue weighted by Gasteiger charge is -2.41. The summed E-state index contributed by atoms with van der Waals surface area (Å²) in [5, 5.41) is 27.6. The number of piperazine rings is 1. The Morgan fingerprint density at radius 3 is 2.14 bits per heavy atom. The molecule has 22 heavy (non-hydrogen) atoms. The Morgan fingerprint density at radius 1 is 1.23 bits per heavy atom. The first-order valence-corrected chi connectivity index (χ1v) is 6.96. The van der Waals surface area contributed by atoms with Crippen molar-refractivity contribution >= 4 is 11.9 Å². The molecule has 0 saturated carbocycles. The van der Waals surface area contributed by atoms with Gasteiger partial charge in [0.1, 0.15) is 12.3 Å². The Labute approximate surface area is 129 Å². The molecule has 7 nitrogen and oxygen atoms in total. The van der Waals surface area contributed by atoms with Crippen LogP contribution in [0, 0.1) is 0 Å². The summed E-state index contributed by atoms with van der Waals surface area (Å²) in [6, 6.07) is 5.36. The number of carbonyl (C=O) groups excluding carboxylic acids is 1. The zero-order valence-electron chi connectivity index (χ0n) is 12.9. The van der Waals surface area contributed by atoms with Crippen molar-refractivity contribution < 1.29 is 29.4 Å². The van der Waals surface area contributed by atoms with Crippen molar-refractivity contribution in [3.8, 4) is 5.75 Å². The van der Waals surface area contributed by atoms with Crippen LogP contribution in [-0.2, 0) is 4.79 Å². The van der Waals surface area contributed by atoms with E-state index in [0.29, 0.717) is 4.48 Å². The summed E-state index contributed by atoms with van der Waals surface area (Å²) in [6.07, 6.45) is 0. The third-order valence-corrected chi connectivity index (χ3v) is 3.67. The third-order valence-electron chi connectivity index (χ3n) is 3.67. The summed E-state index contributed by atoms with van der Waals surface area (Å²) in [5.74, 6) is -1.85. The predicted molar refractivity (Wildman–Crippen MR) is 78.4 cm³/mol. The second-order valence-corrected chi connectivity index (χ2v) is 5.75. The zero-order chi connectivity index (χ0) is 16.8. The van der Waals surface area contributed by atoms with Crippen molar-refractivity contribution in [2.45, 2.75) is 0 Å². The molecule has 0 unspecified atom stereocenters. The minimum absolute atomic E-state index is 0.0741. The van der Waals surface area contributed by atoms with Gasteiger partial charge >= 0.3 is 5.97 Å². The lowest BCUT2D eigenvalue weighted by molar-refractivity contribution is -0.908. The van der Waals surface area contributed by atoms with Gasteiger partial charge in [-0.05, 0) is 31.3 Å². The molecule has 0 aromatic heterocycles. The van der Waals surface area contributed by atoms with Crippen LogP contribution in [0.15, 0.2) is 24.3 Å². The molecule has 1 aromatic carbocycles. The quantitative estimate of drug-likeness (QED) is 0.710. The fourth-order valence-corrected chi connectivity index (χ4v) is 2.12. The second kappa shape index (κ2) is 7.77. The van der Waals surface area contributed by atoms with E-state index in [2.05, 4.69) is 11.9 Å². The van der Waals surface area contributed by atoms with E-state index < -0.39 is 11.9 Å². The summed E-state index contributed by atoms with van der Waals surface area (Å²) < 4.78 is 0.618. The zero-order valence-corrected chi connectivity index (χ0v) is 12.9. The number of aromatic hydroxyl groups is 1. The normalized spacial score (nSPS) is 17.2. The van der Waals surface area contributed by atoms with Gasteiger partial charge in [-0.25, -0.2) is 4.79 Å². The van der Waals surface area contributed by atoms with Crippen LogP contribution in [0.3, 0.4) is 0 Å². The summed E-state index contributed by atoms with van der Waals surface area (Å²) in [6.45, 7) is 3.91. The Morgan fingerprint density at radius 2 is 1.73 bits per heavy atom. The molecule has 1 aromatic rings. The van der Waals surface area contributed by atoms with Gasteiger partial charge in [-0.2, -0.15) is 0 Å². The molecule has 2 N–H and O–H groups in total. The average molecular weight is 310 g/mol. The number of carboxylic acids is 2. The van der Waals surface area contributed by atoms with Gasteiger partial charge in [-0.1, -0.05) is 0 Å². The summed E-state index contributed by atoms with van der Waals surface area (Å²) in [5.41, 5.74) is 0.179. The molecule has 122 valence electrons. The number of hydrogen-bond acceptors (Lipinski definition) is 5. The minimum atomic E-state index is -0.986. The summed E-state index contributed by atoms with van der Waals surface area (Å²) >= 11 is 0. The maximum absolute atomic E-state index is 10.4. The Balaban J connectivity index is 0.000000224. The number of nitrogens with zero attached hydrogens (tertiary/aromatic N) is 2. The summed E-state index contributed by atoms with van der Waals surface area (Å²) in [4.78, 5) is 22.9. The van der Waals surface area contributed by atoms with Crippen LogP contribution < -0.4 is 5.11 Å². The van der Waals surface area contributed by atoms with Crippen LogP contribution in [0.1, 0.15) is 10.4 Å². The molecule has 1 heterocycles. The van der Waals surface area contributed by atoms with Crippen molar-refractivity contribution in [3.05, 3.63) is 29.8 Å². The maximum Gasteiger partial charge on any atom is 0.335 e. The predicted octanol–water partition coefficient (Wildman–Crippen LogP) is -0.781. The molecular weight excluding hydrogens is 288 g/mol. The van der Waals surface area contributed by atoms with E-state index >= 15 is 0 Å². The van der Waals surface area contributed by atoms with E-state index in [4.69, 9.17) is 10.2 Å². The first-order chi connectivity index (χ1) is 10.2. The third kappa shape index (κ3) is 6.11. The number of quaternary nitrogens is 1. The standard InChI is InChI=1S/C8H16N2O2.C7H6O3/c1-9-3-5-10(2,6-4-9)7-8(11)12;8-6-3-1-5(2-4-6)7(9)10/h3-7H2,1-2H3;1-4,8H,(H,9,10). The molecule has 0 radical (unpaired) electrons. The molecule has 2 rings (SSSR count). The highest BCUT2D eigenvalue weighted by Gasteiger charge is 2.26. The number of aliphatic carboxylic acids is 1. The van der Waals surface area contributed by atoms with Crippen LogP contribution in [0.4, 0.5) is 0 Å². The maximum atomic E-state index is 10.4. The van der Waals surface area contributed by atoms with Crippen LogP contribution in [0.2, 0.25) is 0 Å².